The molecule has 3 rings (SSSR count). The third-order valence-electron chi connectivity index (χ3n) is 3.24. The van der Waals surface area contributed by atoms with Crippen molar-refractivity contribution in [1.29, 1.82) is 0 Å². The minimum atomic E-state index is -0.0945. The monoisotopic (exact) mass is 390 g/mol. The molecule has 2 heterocycles. The van der Waals surface area contributed by atoms with Crippen molar-refractivity contribution in [1.82, 2.24) is 9.97 Å². The maximum Gasteiger partial charge on any atom is 0.230 e. The van der Waals surface area contributed by atoms with Gasteiger partial charge >= 0.3 is 0 Å². The number of carbonyl (C=O) groups excluding carboxylic acids is 1. The summed E-state index contributed by atoms with van der Waals surface area (Å²) in [5, 5.41) is 9.15. The van der Waals surface area contributed by atoms with E-state index < -0.39 is 0 Å². The summed E-state index contributed by atoms with van der Waals surface area (Å²) in [6.07, 6.45) is 3.76. The van der Waals surface area contributed by atoms with Crippen molar-refractivity contribution in [2.45, 2.75) is 11.3 Å². The molecule has 0 saturated carbocycles. The molecule has 0 saturated heterocycles. The Morgan fingerprint density at radius 2 is 2.12 bits per heavy atom. The second-order valence-corrected chi connectivity index (χ2v) is 7.20. The second kappa shape index (κ2) is 8.33. The fraction of sp³-hybridized carbons (Fsp3) is 0.118. The summed E-state index contributed by atoms with van der Waals surface area (Å²) in [6.45, 7) is 0. The summed E-state index contributed by atoms with van der Waals surface area (Å²) in [5.74, 6) is 0.562. The summed E-state index contributed by atoms with van der Waals surface area (Å²) in [6, 6.07) is 11.2. The van der Waals surface area contributed by atoms with Crippen LogP contribution in [0.3, 0.4) is 0 Å². The number of anilines is 3. The predicted molar refractivity (Wildman–Crippen MR) is 105 cm³/mol. The van der Waals surface area contributed by atoms with Crippen LogP contribution >= 0.6 is 34.7 Å². The number of hydrogen-bond donors (Lipinski definition) is 2. The van der Waals surface area contributed by atoms with E-state index in [1.54, 1.807) is 30.1 Å². The number of pyridine rings is 1. The molecule has 2 aromatic heterocycles. The lowest BCUT2D eigenvalue weighted by Gasteiger charge is -2.08. The van der Waals surface area contributed by atoms with Crippen molar-refractivity contribution in [2.75, 3.05) is 16.9 Å². The number of amides is 1. The smallest absolute Gasteiger partial charge is 0.230 e. The van der Waals surface area contributed by atoms with E-state index in [9.17, 15) is 4.79 Å². The van der Waals surface area contributed by atoms with E-state index in [0.29, 0.717) is 21.7 Å². The van der Waals surface area contributed by atoms with E-state index in [0.717, 1.165) is 10.6 Å². The Morgan fingerprint density at radius 1 is 1.28 bits per heavy atom. The number of nitrogens with one attached hydrogen (secondary N) is 2. The molecule has 8 heteroatoms. The number of aromatic nitrogens is 2. The van der Waals surface area contributed by atoms with Gasteiger partial charge in [0.25, 0.3) is 0 Å². The Hall–Kier alpha value is -2.09. The zero-order chi connectivity index (χ0) is 17.6. The van der Waals surface area contributed by atoms with Gasteiger partial charge in [0, 0.05) is 16.5 Å². The fourth-order valence-corrected chi connectivity index (χ4v) is 3.49. The molecular formula is C17H15ClN4OS2. The van der Waals surface area contributed by atoms with Crippen LogP contribution in [-0.4, -0.2) is 22.1 Å². The molecule has 5 nitrogen and oxygen atoms in total. The molecule has 128 valence electrons. The first-order chi connectivity index (χ1) is 12.1. The van der Waals surface area contributed by atoms with E-state index in [1.165, 1.54) is 11.3 Å². The summed E-state index contributed by atoms with van der Waals surface area (Å²) >= 11 is 8.84. The number of carbonyl (C=O) groups is 1. The number of para-hydroxylation sites is 1. The van der Waals surface area contributed by atoms with Crippen molar-refractivity contribution in [2.24, 2.45) is 0 Å². The number of benzene rings is 1. The summed E-state index contributed by atoms with van der Waals surface area (Å²) in [4.78, 5) is 21.9. The van der Waals surface area contributed by atoms with Crippen LogP contribution in [-0.2, 0) is 11.2 Å². The minimum Gasteiger partial charge on any atom is -0.325 e. The van der Waals surface area contributed by atoms with Crippen LogP contribution in [0.5, 0.6) is 0 Å². The van der Waals surface area contributed by atoms with Crippen molar-refractivity contribution >= 4 is 57.2 Å². The van der Waals surface area contributed by atoms with Crippen LogP contribution in [0.1, 0.15) is 5.69 Å². The predicted octanol–water partition coefficient (Wildman–Crippen LogP) is 4.84. The van der Waals surface area contributed by atoms with Crippen LogP contribution in [0.25, 0.3) is 0 Å². The average molecular weight is 391 g/mol. The van der Waals surface area contributed by atoms with Gasteiger partial charge in [-0.05, 0) is 30.5 Å². The average Bonchev–Trinajstić information content (AvgIpc) is 3.04. The van der Waals surface area contributed by atoms with Gasteiger partial charge in [0.05, 0.1) is 22.8 Å². The van der Waals surface area contributed by atoms with E-state index in [1.807, 2.05) is 35.9 Å². The Balaban J connectivity index is 1.61. The lowest BCUT2D eigenvalue weighted by Crippen LogP contribution is -2.15. The van der Waals surface area contributed by atoms with Gasteiger partial charge in [0.2, 0.25) is 5.91 Å². The fourth-order valence-electron chi connectivity index (χ4n) is 2.11. The minimum absolute atomic E-state index is 0.0945. The SMILES string of the molecule is CSc1ccccc1NC(=O)Cc1csc(Nc2ccc(Cl)cn2)n1. The molecule has 25 heavy (non-hydrogen) atoms. The second-order valence-electron chi connectivity index (χ2n) is 5.06. The number of rotatable bonds is 6. The van der Waals surface area contributed by atoms with E-state index in [2.05, 4.69) is 20.6 Å². The molecule has 0 atom stereocenters. The van der Waals surface area contributed by atoms with Crippen LogP contribution in [0.2, 0.25) is 5.02 Å². The lowest BCUT2D eigenvalue weighted by molar-refractivity contribution is -0.115. The standard InChI is InChI=1S/C17H15ClN4OS2/c1-24-14-5-3-2-4-13(14)21-16(23)8-12-10-25-17(20-12)22-15-7-6-11(18)9-19-15/h2-7,9-10H,8H2,1H3,(H,21,23)(H,19,20,22). The van der Waals surface area contributed by atoms with Crippen LogP contribution < -0.4 is 10.6 Å². The third kappa shape index (κ3) is 4.94. The molecule has 0 aliphatic heterocycles. The van der Waals surface area contributed by atoms with Crippen LogP contribution in [0.4, 0.5) is 16.6 Å². The Kier molecular flexibility index (Phi) is 5.91. The molecule has 0 aliphatic rings. The Labute approximate surface area is 158 Å². The maximum absolute atomic E-state index is 12.3. The largest absolute Gasteiger partial charge is 0.325 e. The van der Waals surface area contributed by atoms with Gasteiger partial charge in [0.15, 0.2) is 5.13 Å². The molecule has 0 unspecified atom stereocenters. The van der Waals surface area contributed by atoms with Gasteiger partial charge in [0.1, 0.15) is 5.82 Å². The van der Waals surface area contributed by atoms with Gasteiger partial charge in [-0.1, -0.05) is 23.7 Å². The van der Waals surface area contributed by atoms with Gasteiger partial charge in [-0.2, -0.15) is 0 Å². The Morgan fingerprint density at radius 3 is 2.88 bits per heavy atom. The zero-order valence-corrected chi connectivity index (χ0v) is 15.7. The molecular weight excluding hydrogens is 376 g/mol. The van der Waals surface area contributed by atoms with Gasteiger partial charge in [-0.15, -0.1) is 23.1 Å². The number of hydrogen-bond acceptors (Lipinski definition) is 6. The topological polar surface area (TPSA) is 66.9 Å². The normalized spacial score (nSPS) is 10.5. The lowest BCUT2D eigenvalue weighted by atomic mass is 10.3. The van der Waals surface area contributed by atoms with E-state index in [-0.39, 0.29) is 12.3 Å². The molecule has 2 N–H and O–H groups in total. The van der Waals surface area contributed by atoms with Crippen molar-refractivity contribution in [3.05, 3.63) is 58.7 Å². The van der Waals surface area contributed by atoms with E-state index >= 15 is 0 Å². The zero-order valence-electron chi connectivity index (χ0n) is 13.3. The molecule has 0 radical (unpaired) electrons. The highest BCUT2D eigenvalue weighted by Gasteiger charge is 2.10. The first-order valence-corrected chi connectivity index (χ1v) is 9.88. The molecule has 0 bridgehead atoms. The number of nitrogens with zero attached hydrogens (tertiary/aromatic N) is 2. The highest BCUT2D eigenvalue weighted by molar-refractivity contribution is 7.98. The van der Waals surface area contributed by atoms with Gasteiger partial charge in [-0.25, -0.2) is 9.97 Å². The summed E-state index contributed by atoms with van der Waals surface area (Å²) < 4.78 is 0. The highest BCUT2D eigenvalue weighted by atomic mass is 35.5. The number of halogens is 1. The molecule has 0 fully saturated rings. The number of thioether (sulfide) groups is 1. The first kappa shape index (κ1) is 17.7. The van der Waals surface area contributed by atoms with Gasteiger partial charge in [-0.3, -0.25) is 4.79 Å². The van der Waals surface area contributed by atoms with Crippen molar-refractivity contribution < 1.29 is 4.79 Å². The number of thiazole rings is 1. The quantitative estimate of drug-likeness (QED) is 0.589. The van der Waals surface area contributed by atoms with Crippen molar-refractivity contribution in [3.8, 4) is 0 Å². The molecule has 1 aromatic carbocycles. The maximum atomic E-state index is 12.3. The van der Waals surface area contributed by atoms with Gasteiger partial charge < -0.3 is 10.6 Å². The van der Waals surface area contributed by atoms with Crippen molar-refractivity contribution in [3.63, 3.8) is 0 Å². The molecule has 0 aliphatic carbocycles. The highest BCUT2D eigenvalue weighted by Crippen LogP contribution is 2.25. The van der Waals surface area contributed by atoms with E-state index in [4.69, 9.17) is 11.6 Å². The van der Waals surface area contributed by atoms with Crippen LogP contribution in [0, 0.1) is 0 Å². The summed E-state index contributed by atoms with van der Waals surface area (Å²) in [7, 11) is 0. The molecule has 1 amide bonds. The van der Waals surface area contributed by atoms with Crippen LogP contribution in [0.15, 0.2) is 52.9 Å². The molecule has 0 spiro atoms. The Bertz CT molecular complexity index is 867. The summed E-state index contributed by atoms with van der Waals surface area (Å²) in [5.41, 5.74) is 1.53. The first-order valence-electron chi connectivity index (χ1n) is 7.40. The molecule has 3 aromatic rings. The third-order valence-corrected chi connectivity index (χ3v) is 5.06.